The fourth-order valence-corrected chi connectivity index (χ4v) is 1.90. The Kier molecular flexibility index (Phi) is 8.27. The Balaban J connectivity index is 0.00000172. The van der Waals surface area contributed by atoms with E-state index in [-0.39, 0.29) is 17.3 Å². The SMILES string of the molecule is C/C=N/N(C)c1cc(=O)n(C(CC)CC)c(=O)[nH]1.CC. The van der Waals surface area contributed by atoms with Crippen molar-refractivity contribution in [2.24, 2.45) is 5.10 Å². The van der Waals surface area contributed by atoms with Crippen molar-refractivity contribution < 1.29 is 0 Å². The highest BCUT2D eigenvalue weighted by atomic mass is 16.2. The first-order chi connectivity index (χ1) is 9.54. The predicted molar refractivity (Wildman–Crippen MR) is 84.9 cm³/mol. The van der Waals surface area contributed by atoms with Gasteiger partial charge in [0.15, 0.2) is 0 Å². The number of H-pyrrole nitrogens is 1. The molecule has 114 valence electrons. The monoisotopic (exact) mass is 282 g/mol. The van der Waals surface area contributed by atoms with Crippen molar-refractivity contribution in [3.63, 3.8) is 0 Å². The Labute approximate surface area is 120 Å². The molecule has 0 amide bonds. The Morgan fingerprint density at radius 2 is 1.90 bits per heavy atom. The maximum atomic E-state index is 12.0. The molecule has 1 aromatic heterocycles. The predicted octanol–water partition coefficient (Wildman–Crippen LogP) is 2.37. The van der Waals surface area contributed by atoms with Crippen LogP contribution in [0.5, 0.6) is 0 Å². The molecule has 6 nitrogen and oxygen atoms in total. The van der Waals surface area contributed by atoms with E-state index in [1.165, 1.54) is 15.6 Å². The molecule has 20 heavy (non-hydrogen) atoms. The van der Waals surface area contributed by atoms with Gasteiger partial charge in [-0.05, 0) is 19.8 Å². The maximum Gasteiger partial charge on any atom is 0.330 e. The largest absolute Gasteiger partial charge is 0.330 e. The number of hydrogen-bond donors (Lipinski definition) is 1. The lowest BCUT2D eigenvalue weighted by Crippen LogP contribution is -2.38. The number of nitrogens with one attached hydrogen (secondary N) is 1. The summed E-state index contributed by atoms with van der Waals surface area (Å²) >= 11 is 0. The smallest absolute Gasteiger partial charge is 0.292 e. The van der Waals surface area contributed by atoms with Gasteiger partial charge in [-0.15, -0.1) is 0 Å². The summed E-state index contributed by atoms with van der Waals surface area (Å²) in [5, 5.41) is 5.44. The minimum Gasteiger partial charge on any atom is -0.292 e. The van der Waals surface area contributed by atoms with Crippen molar-refractivity contribution >= 4 is 12.0 Å². The molecule has 0 saturated heterocycles. The van der Waals surface area contributed by atoms with Gasteiger partial charge in [-0.2, -0.15) is 5.10 Å². The standard InChI is InChI=1S/C12H20N4O2.C2H6/c1-5-9(6-2)16-11(17)8-10(14-12(16)18)15(4)13-7-3;1-2/h7-9H,5-6H2,1-4H3,(H,14,18);1-2H3/b13-7+;. The number of nitrogens with zero attached hydrogens (tertiary/aromatic N) is 3. The summed E-state index contributed by atoms with van der Waals surface area (Å²) in [7, 11) is 1.67. The van der Waals surface area contributed by atoms with Crippen molar-refractivity contribution in [2.75, 3.05) is 12.1 Å². The van der Waals surface area contributed by atoms with Crippen LogP contribution in [0, 0.1) is 0 Å². The zero-order valence-electron chi connectivity index (χ0n) is 13.3. The zero-order chi connectivity index (χ0) is 15.7. The van der Waals surface area contributed by atoms with Gasteiger partial charge in [0, 0.05) is 25.4 Å². The van der Waals surface area contributed by atoms with Gasteiger partial charge in [0.1, 0.15) is 5.82 Å². The van der Waals surface area contributed by atoms with Gasteiger partial charge in [-0.1, -0.05) is 27.7 Å². The van der Waals surface area contributed by atoms with Gasteiger partial charge < -0.3 is 0 Å². The van der Waals surface area contributed by atoms with E-state index in [1.54, 1.807) is 20.2 Å². The van der Waals surface area contributed by atoms with E-state index in [9.17, 15) is 9.59 Å². The molecule has 0 atom stereocenters. The van der Waals surface area contributed by atoms with Crippen LogP contribution in [0.15, 0.2) is 20.8 Å². The zero-order valence-corrected chi connectivity index (χ0v) is 13.3. The van der Waals surface area contributed by atoms with E-state index in [2.05, 4.69) is 10.1 Å². The van der Waals surface area contributed by atoms with Gasteiger partial charge in [0.25, 0.3) is 5.56 Å². The van der Waals surface area contributed by atoms with Crippen LogP contribution in [-0.2, 0) is 0 Å². The van der Waals surface area contributed by atoms with E-state index >= 15 is 0 Å². The Hall–Kier alpha value is -1.85. The molecular weight excluding hydrogens is 256 g/mol. The summed E-state index contributed by atoms with van der Waals surface area (Å²) < 4.78 is 1.27. The van der Waals surface area contributed by atoms with Crippen molar-refractivity contribution in [1.29, 1.82) is 0 Å². The first-order valence-electron chi connectivity index (χ1n) is 7.13. The van der Waals surface area contributed by atoms with Gasteiger partial charge >= 0.3 is 5.69 Å². The average Bonchev–Trinajstić information content (AvgIpc) is 2.45. The number of hydrogen-bond acceptors (Lipinski definition) is 4. The normalized spacial score (nSPS) is 10.6. The number of hydrazone groups is 1. The van der Waals surface area contributed by atoms with Crippen LogP contribution in [-0.4, -0.2) is 22.8 Å². The Morgan fingerprint density at radius 1 is 1.35 bits per heavy atom. The molecule has 1 heterocycles. The fourth-order valence-electron chi connectivity index (χ4n) is 1.90. The first-order valence-corrected chi connectivity index (χ1v) is 7.13. The molecule has 0 fully saturated rings. The second-order valence-corrected chi connectivity index (χ2v) is 4.04. The number of aromatic nitrogens is 2. The lowest BCUT2D eigenvalue weighted by atomic mass is 10.2. The third-order valence-corrected chi connectivity index (χ3v) is 2.90. The molecule has 0 aliphatic carbocycles. The average molecular weight is 282 g/mol. The third kappa shape index (κ3) is 4.36. The van der Waals surface area contributed by atoms with E-state index in [0.717, 1.165) is 12.8 Å². The van der Waals surface area contributed by atoms with Gasteiger partial charge in [-0.3, -0.25) is 19.4 Å². The molecule has 0 spiro atoms. The van der Waals surface area contributed by atoms with Gasteiger partial charge in [0.2, 0.25) is 0 Å². The van der Waals surface area contributed by atoms with Crippen LogP contribution < -0.4 is 16.3 Å². The lowest BCUT2D eigenvalue weighted by molar-refractivity contribution is 0.439. The Bertz CT molecular complexity index is 495. The van der Waals surface area contributed by atoms with Crippen LogP contribution in [0.25, 0.3) is 0 Å². The molecule has 0 aliphatic rings. The molecule has 0 aliphatic heterocycles. The summed E-state index contributed by atoms with van der Waals surface area (Å²) in [4.78, 5) is 26.6. The summed E-state index contributed by atoms with van der Waals surface area (Å²) in [6.07, 6.45) is 3.09. The lowest BCUT2D eigenvalue weighted by Gasteiger charge is -2.17. The van der Waals surface area contributed by atoms with E-state index in [1.807, 2.05) is 27.7 Å². The van der Waals surface area contributed by atoms with Gasteiger partial charge in [-0.25, -0.2) is 4.79 Å². The minimum absolute atomic E-state index is 0.0599. The molecule has 1 aromatic rings. The van der Waals surface area contributed by atoms with Crippen LogP contribution in [0.2, 0.25) is 0 Å². The van der Waals surface area contributed by atoms with Crippen LogP contribution in [0.4, 0.5) is 5.82 Å². The quantitative estimate of drug-likeness (QED) is 0.665. The topological polar surface area (TPSA) is 70.5 Å². The molecule has 0 unspecified atom stereocenters. The minimum atomic E-state index is -0.385. The van der Waals surface area contributed by atoms with E-state index in [0.29, 0.717) is 5.82 Å². The summed E-state index contributed by atoms with van der Waals surface area (Å²) in [6, 6.07) is 1.34. The van der Waals surface area contributed by atoms with Crippen molar-refractivity contribution in [2.45, 2.75) is 53.5 Å². The maximum absolute atomic E-state index is 12.0. The molecule has 0 saturated carbocycles. The molecule has 0 bridgehead atoms. The third-order valence-electron chi connectivity index (χ3n) is 2.90. The number of rotatable bonds is 5. The molecule has 6 heteroatoms. The van der Waals surface area contributed by atoms with Crippen molar-refractivity contribution in [3.05, 3.63) is 26.9 Å². The fraction of sp³-hybridized carbons (Fsp3) is 0.643. The first kappa shape index (κ1) is 18.1. The highest BCUT2D eigenvalue weighted by Crippen LogP contribution is 2.11. The number of anilines is 1. The number of aromatic amines is 1. The Morgan fingerprint density at radius 3 is 2.30 bits per heavy atom. The second-order valence-electron chi connectivity index (χ2n) is 4.04. The summed E-state index contributed by atoms with van der Waals surface area (Å²) in [6.45, 7) is 9.68. The molecule has 0 aromatic carbocycles. The molecular formula is C14H26N4O2. The van der Waals surface area contributed by atoms with Crippen LogP contribution >= 0.6 is 0 Å². The highest BCUT2D eigenvalue weighted by molar-refractivity contribution is 5.55. The molecule has 0 radical (unpaired) electrons. The van der Waals surface area contributed by atoms with Crippen molar-refractivity contribution in [3.8, 4) is 0 Å². The van der Waals surface area contributed by atoms with Crippen LogP contribution in [0.1, 0.15) is 53.5 Å². The van der Waals surface area contributed by atoms with E-state index in [4.69, 9.17) is 0 Å². The second kappa shape index (κ2) is 9.12. The summed E-state index contributed by atoms with van der Waals surface area (Å²) in [5.41, 5.74) is -0.676. The van der Waals surface area contributed by atoms with E-state index < -0.39 is 0 Å². The molecule has 1 rings (SSSR count). The van der Waals surface area contributed by atoms with Crippen molar-refractivity contribution in [1.82, 2.24) is 9.55 Å². The summed E-state index contributed by atoms with van der Waals surface area (Å²) in [5.74, 6) is 0.394. The van der Waals surface area contributed by atoms with Gasteiger partial charge in [0.05, 0.1) is 0 Å². The van der Waals surface area contributed by atoms with Crippen LogP contribution in [0.3, 0.4) is 0 Å². The molecule has 1 N–H and O–H groups in total. The highest BCUT2D eigenvalue weighted by Gasteiger charge is 2.13.